The predicted molar refractivity (Wildman–Crippen MR) is 58.0 cm³/mol. The molecule has 9 nitrogen and oxygen atoms in total. The summed E-state index contributed by atoms with van der Waals surface area (Å²) in [5.74, 6) is 0.130. The molecule has 0 saturated carbocycles. The van der Waals surface area contributed by atoms with Crippen LogP contribution in [-0.4, -0.2) is 39.9 Å². The lowest BCUT2D eigenvalue weighted by Gasteiger charge is -2.15. The van der Waals surface area contributed by atoms with E-state index in [2.05, 4.69) is 20.0 Å². The first-order valence-electron chi connectivity index (χ1n) is 4.63. The SMILES string of the molecule is COc1nc(C(O)C(O)CN=[N+]=[N-])cnc1N. The van der Waals surface area contributed by atoms with Crippen LogP contribution in [0.15, 0.2) is 11.3 Å². The van der Waals surface area contributed by atoms with E-state index >= 15 is 0 Å². The number of anilines is 1. The van der Waals surface area contributed by atoms with Crippen molar-refractivity contribution < 1.29 is 14.9 Å². The van der Waals surface area contributed by atoms with E-state index in [1.165, 1.54) is 13.3 Å². The number of hydrogen-bond donors (Lipinski definition) is 3. The third kappa shape index (κ3) is 3.18. The van der Waals surface area contributed by atoms with Gasteiger partial charge >= 0.3 is 0 Å². The van der Waals surface area contributed by atoms with Crippen LogP contribution in [0.5, 0.6) is 5.88 Å². The van der Waals surface area contributed by atoms with Crippen molar-refractivity contribution in [2.24, 2.45) is 5.11 Å². The molecule has 92 valence electrons. The van der Waals surface area contributed by atoms with Gasteiger partial charge in [0.15, 0.2) is 5.82 Å². The molecule has 1 aromatic rings. The van der Waals surface area contributed by atoms with Gasteiger partial charge < -0.3 is 20.7 Å². The van der Waals surface area contributed by atoms with Crippen LogP contribution in [0.4, 0.5) is 5.82 Å². The first kappa shape index (κ1) is 13.0. The Labute approximate surface area is 96.5 Å². The largest absolute Gasteiger partial charge is 0.478 e. The molecule has 0 aliphatic heterocycles. The average Bonchev–Trinajstić information content (AvgIpc) is 2.35. The van der Waals surface area contributed by atoms with Crippen molar-refractivity contribution in [1.29, 1.82) is 0 Å². The summed E-state index contributed by atoms with van der Waals surface area (Å²) in [4.78, 5) is 10.1. The monoisotopic (exact) mass is 240 g/mol. The Morgan fingerprint density at radius 1 is 1.65 bits per heavy atom. The maximum absolute atomic E-state index is 9.69. The quantitative estimate of drug-likeness (QED) is 0.367. The maximum Gasteiger partial charge on any atom is 0.257 e. The highest BCUT2D eigenvalue weighted by Gasteiger charge is 2.20. The van der Waals surface area contributed by atoms with E-state index in [0.29, 0.717) is 0 Å². The van der Waals surface area contributed by atoms with Crippen LogP contribution < -0.4 is 10.5 Å². The van der Waals surface area contributed by atoms with Crippen molar-refractivity contribution in [2.75, 3.05) is 19.4 Å². The molecule has 0 saturated heterocycles. The van der Waals surface area contributed by atoms with E-state index in [-0.39, 0.29) is 23.9 Å². The number of methoxy groups -OCH3 is 1. The molecule has 4 N–H and O–H groups in total. The summed E-state index contributed by atoms with van der Waals surface area (Å²) in [7, 11) is 1.35. The predicted octanol–water partition coefficient (Wildman–Crippen LogP) is -0.228. The molecule has 0 radical (unpaired) electrons. The van der Waals surface area contributed by atoms with Crippen molar-refractivity contribution in [3.05, 3.63) is 22.3 Å². The third-order valence-corrected chi connectivity index (χ3v) is 1.98. The van der Waals surface area contributed by atoms with E-state index in [1.807, 2.05) is 0 Å². The molecule has 0 bridgehead atoms. The van der Waals surface area contributed by atoms with Crippen LogP contribution in [0, 0.1) is 0 Å². The summed E-state index contributed by atoms with van der Waals surface area (Å²) >= 11 is 0. The number of aliphatic hydroxyl groups excluding tert-OH is 2. The minimum Gasteiger partial charge on any atom is -0.478 e. The second-order valence-corrected chi connectivity index (χ2v) is 3.12. The Morgan fingerprint density at radius 3 is 2.94 bits per heavy atom. The van der Waals surface area contributed by atoms with Crippen molar-refractivity contribution in [3.8, 4) is 5.88 Å². The number of nitrogens with two attached hydrogens (primary N) is 1. The summed E-state index contributed by atoms with van der Waals surface area (Å²) in [6, 6.07) is 0. The molecular weight excluding hydrogens is 228 g/mol. The highest BCUT2D eigenvalue weighted by atomic mass is 16.5. The highest BCUT2D eigenvalue weighted by molar-refractivity contribution is 5.40. The van der Waals surface area contributed by atoms with Gasteiger partial charge in [-0.25, -0.2) is 9.97 Å². The van der Waals surface area contributed by atoms with Crippen LogP contribution in [0.2, 0.25) is 0 Å². The van der Waals surface area contributed by atoms with Gasteiger partial charge in [-0.15, -0.1) is 0 Å². The van der Waals surface area contributed by atoms with Crippen LogP contribution in [0.25, 0.3) is 10.4 Å². The van der Waals surface area contributed by atoms with Gasteiger partial charge in [0.05, 0.1) is 31.6 Å². The molecule has 9 heteroatoms. The van der Waals surface area contributed by atoms with Crippen LogP contribution >= 0.6 is 0 Å². The zero-order valence-electron chi connectivity index (χ0n) is 9.06. The van der Waals surface area contributed by atoms with Crippen LogP contribution in [-0.2, 0) is 0 Å². The molecule has 0 amide bonds. The number of nitrogen functional groups attached to an aromatic ring is 1. The second kappa shape index (κ2) is 5.85. The Bertz CT molecular complexity index is 433. The second-order valence-electron chi connectivity index (χ2n) is 3.12. The first-order valence-corrected chi connectivity index (χ1v) is 4.63. The van der Waals surface area contributed by atoms with Crippen molar-refractivity contribution in [3.63, 3.8) is 0 Å². The zero-order valence-corrected chi connectivity index (χ0v) is 9.06. The molecule has 1 heterocycles. The molecule has 1 rings (SSSR count). The van der Waals surface area contributed by atoms with E-state index < -0.39 is 12.2 Å². The average molecular weight is 240 g/mol. The Hall–Kier alpha value is -2.09. The zero-order chi connectivity index (χ0) is 12.8. The normalized spacial score (nSPS) is 13.6. The minimum absolute atomic E-state index is 0.0533. The molecular formula is C8H12N6O3. The van der Waals surface area contributed by atoms with Gasteiger partial charge in [0.2, 0.25) is 0 Å². The summed E-state index contributed by atoms with van der Waals surface area (Å²) in [6.07, 6.45) is -1.39. The number of aromatic nitrogens is 2. The van der Waals surface area contributed by atoms with Crippen molar-refractivity contribution in [1.82, 2.24) is 9.97 Å². The Morgan fingerprint density at radius 2 is 2.35 bits per heavy atom. The minimum atomic E-state index is -1.33. The molecule has 0 aromatic carbocycles. The lowest BCUT2D eigenvalue weighted by Crippen LogP contribution is -2.22. The number of nitrogens with zero attached hydrogens (tertiary/aromatic N) is 5. The van der Waals surface area contributed by atoms with Gasteiger partial charge in [-0.3, -0.25) is 0 Å². The molecule has 0 aliphatic carbocycles. The van der Waals surface area contributed by atoms with Crippen LogP contribution in [0.3, 0.4) is 0 Å². The summed E-state index contributed by atoms with van der Waals surface area (Å²) in [5, 5.41) is 22.3. The third-order valence-electron chi connectivity index (χ3n) is 1.98. The summed E-state index contributed by atoms with van der Waals surface area (Å²) < 4.78 is 4.82. The topological polar surface area (TPSA) is 150 Å². The van der Waals surface area contributed by atoms with Gasteiger partial charge in [0.25, 0.3) is 5.88 Å². The molecule has 0 aliphatic rings. The number of rotatable bonds is 5. The van der Waals surface area contributed by atoms with Crippen molar-refractivity contribution >= 4 is 5.82 Å². The smallest absolute Gasteiger partial charge is 0.257 e. The lowest BCUT2D eigenvalue weighted by molar-refractivity contribution is 0.0213. The van der Waals surface area contributed by atoms with Gasteiger partial charge in [0, 0.05) is 4.91 Å². The van der Waals surface area contributed by atoms with Crippen molar-refractivity contribution in [2.45, 2.75) is 12.2 Å². The molecule has 17 heavy (non-hydrogen) atoms. The standard InChI is InChI=1S/C8H12N6O3/c1-17-8-7(9)11-2-4(13-8)6(16)5(15)3-12-14-10/h2,5-6,15-16H,3H2,1H3,(H2,9,11). The summed E-state index contributed by atoms with van der Waals surface area (Å²) in [5.41, 5.74) is 13.6. The summed E-state index contributed by atoms with van der Waals surface area (Å²) in [6.45, 7) is -0.272. The van der Waals surface area contributed by atoms with Crippen LogP contribution in [0.1, 0.15) is 11.8 Å². The van der Waals surface area contributed by atoms with E-state index in [0.717, 1.165) is 0 Å². The molecule has 0 fully saturated rings. The molecule has 2 atom stereocenters. The Kier molecular flexibility index (Phi) is 4.46. The fourth-order valence-electron chi connectivity index (χ4n) is 1.10. The fraction of sp³-hybridized carbons (Fsp3) is 0.500. The highest BCUT2D eigenvalue weighted by Crippen LogP contribution is 2.20. The van der Waals surface area contributed by atoms with Gasteiger partial charge in [-0.05, 0) is 5.53 Å². The Balaban J connectivity index is 2.88. The first-order chi connectivity index (χ1) is 8.10. The van der Waals surface area contributed by atoms with Gasteiger partial charge in [-0.2, -0.15) is 0 Å². The number of hydrogen-bond acceptors (Lipinski definition) is 7. The van der Waals surface area contributed by atoms with Gasteiger partial charge in [0.1, 0.15) is 6.10 Å². The lowest BCUT2D eigenvalue weighted by atomic mass is 10.1. The maximum atomic E-state index is 9.69. The number of azide groups is 1. The molecule has 1 aromatic heterocycles. The molecule has 0 spiro atoms. The van der Waals surface area contributed by atoms with E-state index in [9.17, 15) is 10.2 Å². The van der Waals surface area contributed by atoms with E-state index in [4.69, 9.17) is 16.0 Å². The fourth-order valence-corrected chi connectivity index (χ4v) is 1.10. The number of ether oxygens (including phenoxy) is 1. The van der Waals surface area contributed by atoms with E-state index in [1.54, 1.807) is 0 Å². The molecule has 2 unspecified atom stereocenters. The number of aliphatic hydroxyl groups is 2. The van der Waals surface area contributed by atoms with Gasteiger partial charge in [-0.1, -0.05) is 5.11 Å².